The molecule has 0 saturated carbocycles. The summed E-state index contributed by atoms with van der Waals surface area (Å²) in [5, 5.41) is -0.380. The molecule has 1 aromatic heterocycles. The number of hydrogen-bond acceptors (Lipinski definition) is 3. The lowest BCUT2D eigenvalue weighted by Crippen LogP contribution is -2.01. The SMILES string of the molecule is CCOc1cc(Br)c(C(Cl)c2ccco2)cc1OCC. The standard InChI is InChI=1S/C15H16BrClO3/c1-3-18-13-8-10(11(16)9-14(13)19-4-2)15(17)12-6-5-7-20-12/h5-9,15H,3-4H2,1-2H3. The molecule has 2 aromatic rings. The van der Waals surface area contributed by atoms with Crippen molar-refractivity contribution >= 4 is 27.5 Å². The third-order valence-corrected chi connectivity index (χ3v) is 3.87. The number of ether oxygens (including phenoxy) is 2. The van der Waals surface area contributed by atoms with Crippen LogP contribution in [0.15, 0.2) is 39.4 Å². The first kappa shape index (κ1) is 15.3. The summed E-state index contributed by atoms with van der Waals surface area (Å²) in [4.78, 5) is 0. The quantitative estimate of drug-likeness (QED) is 0.667. The minimum Gasteiger partial charge on any atom is -0.490 e. The molecule has 1 aromatic carbocycles. The Hall–Kier alpha value is -1.13. The van der Waals surface area contributed by atoms with Crippen LogP contribution in [0.1, 0.15) is 30.5 Å². The highest BCUT2D eigenvalue weighted by atomic mass is 79.9. The Balaban J connectivity index is 2.40. The zero-order valence-electron chi connectivity index (χ0n) is 11.4. The molecule has 0 amide bonds. The summed E-state index contributed by atoms with van der Waals surface area (Å²) in [6.07, 6.45) is 1.61. The van der Waals surface area contributed by atoms with Gasteiger partial charge in [-0.3, -0.25) is 0 Å². The van der Waals surface area contributed by atoms with E-state index < -0.39 is 0 Å². The lowest BCUT2D eigenvalue weighted by Gasteiger charge is -2.16. The molecule has 0 aliphatic heterocycles. The Morgan fingerprint density at radius 3 is 2.40 bits per heavy atom. The summed E-state index contributed by atoms with van der Waals surface area (Å²) in [7, 11) is 0. The second kappa shape index (κ2) is 7.04. The van der Waals surface area contributed by atoms with Gasteiger partial charge in [0.15, 0.2) is 11.5 Å². The largest absolute Gasteiger partial charge is 0.490 e. The zero-order chi connectivity index (χ0) is 14.5. The van der Waals surface area contributed by atoms with E-state index in [9.17, 15) is 0 Å². The van der Waals surface area contributed by atoms with Crippen LogP contribution in [-0.4, -0.2) is 13.2 Å². The molecule has 1 heterocycles. The number of furan rings is 1. The van der Waals surface area contributed by atoms with Gasteiger partial charge in [0.25, 0.3) is 0 Å². The van der Waals surface area contributed by atoms with E-state index in [2.05, 4.69) is 15.9 Å². The summed E-state index contributed by atoms with van der Waals surface area (Å²) in [6.45, 7) is 5.01. The zero-order valence-corrected chi connectivity index (χ0v) is 13.7. The van der Waals surface area contributed by atoms with Crippen LogP contribution >= 0.6 is 27.5 Å². The molecule has 1 unspecified atom stereocenters. The summed E-state index contributed by atoms with van der Waals surface area (Å²) >= 11 is 9.99. The maximum Gasteiger partial charge on any atom is 0.162 e. The molecule has 1 atom stereocenters. The monoisotopic (exact) mass is 358 g/mol. The predicted molar refractivity (Wildman–Crippen MR) is 82.9 cm³/mol. The van der Waals surface area contributed by atoms with E-state index in [0.29, 0.717) is 30.5 Å². The van der Waals surface area contributed by atoms with Crippen molar-refractivity contribution in [3.05, 3.63) is 46.3 Å². The first-order valence-corrected chi connectivity index (χ1v) is 7.66. The molecule has 108 valence electrons. The molecule has 5 heteroatoms. The maximum absolute atomic E-state index is 6.46. The van der Waals surface area contributed by atoms with Crippen LogP contribution < -0.4 is 9.47 Å². The van der Waals surface area contributed by atoms with Crippen molar-refractivity contribution < 1.29 is 13.9 Å². The number of alkyl halides is 1. The summed E-state index contributed by atoms with van der Waals surface area (Å²) < 4.78 is 17.4. The van der Waals surface area contributed by atoms with Gasteiger partial charge in [-0.2, -0.15) is 0 Å². The maximum atomic E-state index is 6.46. The molecule has 0 aliphatic carbocycles. The van der Waals surface area contributed by atoms with Crippen molar-refractivity contribution in [3.8, 4) is 11.5 Å². The average Bonchev–Trinajstić information content (AvgIpc) is 2.95. The van der Waals surface area contributed by atoms with Crippen molar-refractivity contribution in [1.82, 2.24) is 0 Å². The smallest absolute Gasteiger partial charge is 0.162 e. The summed E-state index contributed by atoms with van der Waals surface area (Å²) in [5.74, 6) is 2.08. The van der Waals surface area contributed by atoms with Gasteiger partial charge in [0, 0.05) is 4.47 Å². The average molecular weight is 360 g/mol. The van der Waals surface area contributed by atoms with E-state index in [1.54, 1.807) is 6.26 Å². The molecule has 20 heavy (non-hydrogen) atoms. The Morgan fingerprint density at radius 2 is 1.85 bits per heavy atom. The Morgan fingerprint density at radius 1 is 1.20 bits per heavy atom. The molecule has 0 bridgehead atoms. The van der Waals surface area contributed by atoms with Crippen molar-refractivity contribution in [2.24, 2.45) is 0 Å². The summed E-state index contributed by atoms with van der Waals surface area (Å²) in [5.41, 5.74) is 0.883. The van der Waals surface area contributed by atoms with Gasteiger partial charge in [-0.15, -0.1) is 11.6 Å². The van der Waals surface area contributed by atoms with E-state index in [1.807, 2.05) is 38.1 Å². The third kappa shape index (κ3) is 3.30. The first-order chi connectivity index (χ1) is 9.67. The molecular formula is C15H16BrClO3. The molecule has 0 N–H and O–H groups in total. The van der Waals surface area contributed by atoms with Gasteiger partial charge in [-0.1, -0.05) is 15.9 Å². The number of hydrogen-bond donors (Lipinski definition) is 0. The highest BCUT2D eigenvalue weighted by molar-refractivity contribution is 9.10. The van der Waals surface area contributed by atoms with Gasteiger partial charge < -0.3 is 13.9 Å². The summed E-state index contributed by atoms with van der Waals surface area (Å²) in [6, 6.07) is 7.43. The van der Waals surface area contributed by atoms with E-state index >= 15 is 0 Å². The topological polar surface area (TPSA) is 31.6 Å². The first-order valence-electron chi connectivity index (χ1n) is 6.43. The number of rotatable bonds is 6. The van der Waals surface area contributed by atoms with Gasteiger partial charge in [0.1, 0.15) is 11.1 Å². The lowest BCUT2D eigenvalue weighted by atomic mass is 10.1. The fourth-order valence-electron chi connectivity index (χ4n) is 1.87. The molecule has 0 aliphatic rings. The Bertz CT molecular complexity index is 554. The van der Waals surface area contributed by atoms with Gasteiger partial charge in [-0.25, -0.2) is 0 Å². The van der Waals surface area contributed by atoms with Crippen molar-refractivity contribution in [2.75, 3.05) is 13.2 Å². The van der Waals surface area contributed by atoms with Crippen LogP contribution in [0.25, 0.3) is 0 Å². The Labute approximate surface area is 132 Å². The molecule has 0 saturated heterocycles. The van der Waals surface area contributed by atoms with Crippen LogP contribution in [0.3, 0.4) is 0 Å². The van der Waals surface area contributed by atoms with E-state index in [0.717, 1.165) is 10.0 Å². The van der Waals surface area contributed by atoms with E-state index in [4.69, 9.17) is 25.5 Å². The minimum atomic E-state index is -0.380. The Kier molecular flexibility index (Phi) is 5.38. The van der Waals surface area contributed by atoms with Gasteiger partial charge in [0.05, 0.1) is 19.5 Å². The van der Waals surface area contributed by atoms with Gasteiger partial charge in [0.2, 0.25) is 0 Å². The van der Waals surface area contributed by atoms with Crippen LogP contribution in [0.4, 0.5) is 0 Å². The molecule has 0 spiro atoms. The number of benzene rings is 1. The van der Waals surface area contributed by atoms with Crippen LogP contribution in [0.2, 0.25) is 0 Å². The molecule has 3 nitrogen and oxygen atoms in total. The van der Waals surface area contributed by atoms with Crippen LogP contribution in [-0.2, 0) is 0 Å². The second-order valence-electron chi connectivity index (χ2n) is 4.06. The molecule has 0 radical (unpaired) electrons. The third-order valence-electron chi connectivity index (χ3n) is 2.73. The van der Waals surface area contributed by atoms with E-state index in [-0.39, 0.29) is 5.38 Å². The fourth-order valence-corrected chi connectivity index (χ4v) is 2.86. The number of halogens is 2. The highest BCUT2D eigenvalue weighted by Gasteiger charge is 2.20. The molecule has 0 fully saturated rings. The van der Waals surface area contributed by atoms with Gasteiger partial charge in [-0.05, 0) is 43.7 Å². The van der Waals surface area contributed by atoms with Crippen LogP contribution in [0.5, 0.6) is 11.5 Å². The van der Waals surface area contributed by atoms with Gasteiger partial charge >= 0.3 is 0 Å². The lowest BCUT2D eigenvalue weighted by molar-refractivity contribution is 0.287. The molecule has 2 rings (SSSR count). The van der Waals surface area contributed by atoms with Crippen molar-refractivity contribution in [2.45, 2.75) is 19.2 Å². The normalized spacial score (nSPS) is 12.2. The second-order valence-corrected chi connectivity index (χ2v) is 5.36. The van der Waals surface area contributed by atoms with E-state index in [1.165, 1.54) is 0 Å². The predicted octanol–water partition coefficient (Wildman–Crippen LogP) is 5.17. The highest BCUT2D eigenvalue weighted by Crippen LogP contribution is 2.40. The fraction of sp³-hybridized carbons (Fsp3) is 0.333. The van der Waals surface area contributed by atoms with Crippen LogP contribution in [0, 0.1) is 0 Å². The van der Waals surface area contributed by atoms with Crippen molar-refractivity contribution in [1.29, 1.82) is 0 Å². The van der Waals surface area contributed by atoms with Crippen molar-refractivity contribution in [3.63, 3.8) is 0 Å². The minimum absolute atomic E-state index is 0.380. The molecular weight excluding hydrogens is 344 g/mol.